The maximum atomic E-state index is 11.6. The van der Waals surface area contributed by atoms with Crippen molar-refractivity contribution < 1.29 is 4.21 Å². The molecule has 1 aromatic rings. The zero-order chi connectivity index (χ0) is 11.5. The number of rotatable bonds is 2. The molecule has 0 aliphatic rings. The molecule has 0 aliphatic heterocycles. The van der Waals surface area contributed by atoms with E-state index in [2.05, 4.69) is 25.3 Å². The van der Waals surface area contributed by atoms with Crippen molar-refractivity contribution in [1.82, 2.24) is 4.98 Å². The van der Waals surface area contributed by atoms with E-state index in [1.165, 1.54) is 6.21 Å². The lowest BCUT2D eigenvalue weighted by Crippen LogP contribution is -2.19. The van der Waals surface area contributed by atoms with Gasteiger partial charge in [-0.3, -0.25) is 4.98 Å². The van der Waals surface area contributed by atoms with Gasteiger partial charge in [0.05, 0.1) is 16.7 Å². The summed E-state index contributed by atoms with van der Waals surface area (Å²) >= 11 is 3.33. The van der Waals surface area contributed by atoms with Crippen LogP contribution < -0.4 is 0 Å². The molecule has 1 rings (SSSR count). The summed E-state index contributed by atoms with van der Waals surface area (Å²) in [5.74, 6) is 0. The Morgan fingerprint density at radius 2 is 2.20 bits per heavy atom. The van der Waals surface area contributed by atoms with Crippen molar-refractivity contribution in [2.24, 2.45) is 4.40 Å². The molecule has 0 bridgehead atoms. The molecule has 0 saturated carbocycles. The molecule has 3 nitrogen and oxygen atoms in total. The normalized spacial score (nSPS) is 14.4. The summed E-state index contributed by atoms with van der Waals surface area (Å²) in [7, 11) is -1.23. The Hall–Kier alpha value is -0.550. The van der Waals surface area contributed by atoms with E-state index in [4.69, 9.17) is 0 Å². The van der Waals surface area contributed by atoms with Crippen LogP contribution in [-0.2, 0) is 11.0 Å². The zero-order valence-electron chi connectivity index (χ0n) is 8.90. The van der Waals surface area contributed by atoms with E-state index in [0.29, 0.717) is 5.69 Å². The van der Waals surface area contributed by atoms with E-state index < -0.39 is 11.0 Å². The largest absolute Gasteiger partial charge is 0.255 e. The van der Waals surface area contributed by atoms with Gasteiger partial charge in [-0.1, -0.05) is 15.9 Å². The third-order valence-electron chi connectivity index (χ3n) is 1.55. The van der Waals surface area contributed by atoms with Gasteiger partial charge >= 0.3 is 0 Å². The molecule has 1 aromatic heterocycles. The third kappa shape index (κ3) is 4.22. The SMILES string of the molecule is CC(C)(C)[S@@](=O)N=Cc1cc(Br)ccn1. The van der Waals surface area contributed by atoms with Crippen LogP contribution in [0.15, 0.2) is 27.2 Å². The second-order valence-corrected chi connectivity index (χ2v) is 6.84. The Kier molecular flexibility index (Phi) is 4.16. The Balaban J connectivity index is 2.79. The highest BCUT2D eigenvalue weighted by Gasteiger charge is 2.18. The summed E-state index contributed by atoms with van der Waals surface area (Å²) in [6.45, 7) is 5.65. The summed E-state index contributed by atoms with van der Waals surface area (Å²) in [4.78, 5) is 4.08. The number of pyridine rings is 1. The Morgan fingerprint density at radius 1 is 1.53 bits per heavy atom. The molecule has 1 atom stereocenters. The molecule has 5 heteroatoms. The fourth-order valence-corrected chi connectivity index (χ4v) is 1.62. The van der Waals surface area contributed by atoms with Crippen molar-refractivity contribution in [3.8, 4) is 0 Å². The minimum atomic E-state index is -1.23. The molecular formula is C10H13BrN2OS. The first-order valence-electron chi connectivity index (χ1n) is 4.47. The van der Waals surface area contributed by atoms with Crippen LogP contribution in [0.25, 0.3) is 0 Å². The zero-order valence-corrected chi connectivity index (χ0v) is 11.3. The molecule has 0 spiro atoms. The number of hydrogen-bond acceptors (Lipinski definition) is 2. The van der Waals surface area contributed by atoms with Gasteiger partial charge in [0, 0.05) is 10.7 Å². The molecule has 0 N–H and O–H groups in total. The Morgan fingerprint density at radius 3 is 2.73 bits per heavy atom. The molecule has 0 amide bonds. The highest BCUT2D eigenvalue weighted by atomic mass is 79.9. The van der Waals surface area contributed by atoms with E-state index in [-0.39, 0.29) is 4.75 Å². The van der Waals surface area contributed by atoms with Gasteiger partial charge in [0.25, 0.3) is 0 Å². The Bertz CT molecular complexity index is 399. The molecule has 0 radical (unpaired) electrons. The van der Waals surface area contributed by atoms with Crippen LogP contribution in [0.2, 0.25) is 0 Å². The topological polar surface area (TPSA) is 42.3 Å². The van der Waals surface area contributed by atoms with Crippen molar-refractivity contribution in [3.05, 3.63) is 28.5 Å². The average Bonchev–Trinajstić information content (AvgIpc) is 2.12. The Labute approximate surface area is 101 Å². The molecule has 0 unspecified atom stereocenters. The fourth-order valence-electron chi connectivity index (χ4n) is 0.752. The molecule has 0 saturated heterocycles. The lowest BCUT2D eigenvalue weighted by atomic mass is 10.3. The second-order valence-electron chi connectivity index (χ2n) is 3.99. The number of hydrogen-bond donors (Lipinski definition) is 0. The summed E-state index contributed by atoms with van der Waals surface area (Å²) in [5.41, 5.74) is 0.696. The van der Waals surface area contributed by atoms with Crippen LogP contribution in [0.1, 0.15) is 26.5 Å². The predicted octanol–water partition coefficient (Wildman–Crippen LogP) is 2.73. The van der Waals surface area contributed by atoms with Crippen LogP contribution in [0.3, 0.4) is 0 Å². The van der Waals surface area contributed by atoms with Crippen LogP contribution >= 0.6 is 15.9 Å². The summed E-state index contributed by atoms with van der Waals surface area (Å²) < 4.78 is 16.2. The molecule has 0 aromatic carbocycles. The van der Waals surface area contributed by atoms with Gasteiger partial charge in [-0.05, 0) is 32.9 Å². The first kappa shape index (κ1) is 12.5. The van der Waals surface area contributed by atoms with E-state index in [1.54, 1.807) is 6.20 Å². The summed E-state index contributed by atoms with van der Waals surface area (Å²) in [6, 6.07) is 3.65. The number of aromatic nitrogens is 1. The van der Waals surface area contributed by atoms with E-state index in [9.17, 15) is 4.21 Å². The van der Waals surface area contributed by atoms with E-state index >= 15 is 0 Å². The van der Waals surface area contributed by atoms with Gasteiger partial charge in [0.1, 0.15) is 11.0 Å². The summed E-state index contributed by atoms with van der Waals surface area (Å²) in [5, 5.41) is 0. The molecule has 1 heterocycles. The van der Waals surface area contributed by atoms with E-state index in [1.807, 2.05) is 32.9 Å². The predicted molar refractivity (Wildman–Crippen MR) is 67.4 cm³/mol. The van der Waals surface area contributed by atoms with Crippen molar-refractivity contribution in [2.75, 3.05) is 0 Å². The highest BCUT2D eigenvalue weighted by Crippen LogP contribution is 2.12. The van der Waals surface area contributed by atoms with Gasteiger partial charge in [-0.15, -0.1) is 0 Å². The van der Waals surface area contributed by atoms with Crippen molar-refractivity contribution >= 4 is 33.1 Å². The highest BCUT2D eigenvalue weighted by molar-refractivity contribution is 9.10. The van der Waals surface area contributed by atoms with Crippen molar-refractivity contribution in [3.63, 3.8) is 0 Å². The molecule has 0 aliphatic carbocycles. The first-order chi connectivity index (χ1) is 6.89. The minimum absolute atomic E-state index is 0.331. The van der Waals surface area contributed by atoms with Crippen molar-refractivity contribution in [1.29, 1.82) is 0 Å². The molecule has 0 fully saturated rings. The van der Waals surface area contributed by atoms with Crippen molar-refractivity contribution in [2.45, 2.75) is 25.5 Å². The van der Waals surface area contributed by atoms with Gasteiger partial charge in [-0.25, -0.2) is 4.21 Å². The molecular weight excluding hydrogens is 276 g/mol. The molecule has 82 valence electrons. The second kappa shape index (κ2) is 4.99. The summed E-state index contributed by atoms with van der Waals surface area (Å²) in [6.07, 6.45) is 3.21. The fraction of sp³-hybridized carbons (Fsp3) is 0.400. The first-order valence-corrected chi connectivity index (χ1v) is 6.37. The van der Waals surface area contributed by atoms with Gasteiger partial charge in [0.15, 0.2) is 0 Å². The quantitative estimate of drug-likeness (QED) is 0.786. The van der Waals surface area contributed by atoms with Crippen LogP contribution in [0.4, 0.5) is 0 Å². The van der Waals surface area contributed by atoms with Crippen LogP contribution in [0, 0.1) is 0 Å². The third-order valence-corrected chi connectivity index (χ3v) is 3.39. The minimum Gasteiger partial charge on any atom is -0.255 e. The maximum Gasteiger partial charge on any atom is 0.144 e. The smallest absolute Gasteiger partial charge is 0.144 e. The number of nitrogens with zero attached hydrogens (tertiary/aromatic N) is 2. The monoisotopic (exact) mass is 288 g/mol. The van der Waals surface area contributed by atoms with E-state index in [0.717, 1.165) is 4.47 Å². The van der Waals surface area contributed by atoms with Gasteiger partial charge in [0.2, 0.25) is 0 Å². The lowest BCUT2D eigenvalue weighted by molar-refractivity contribution is 0.651. The maximum absolute atomic E-state index is 11.6. The van der Waals surface area contributed by atoms with Crippen LogP contribution in [0.5, 0.6) is 0 Å². The van der Waals surface area contributed by atoms with Crippen LogP contribution in [-0.4, -0.2) is 20.2 Å². The average molecular weight is 289 g/mol. The number of halogens is 1. The van der Waals surface area contributed by atoms with Gasteiger partial charge < -0.3 is 0 Å². The molecule has 15 heavy (non-hydrogen) atoms. The van der Waals surface area contributed by atoms with Gasteiger partial charge in [-0.2, -0.15) is 4.40 Å². The standard InChI is InChI=1S/C10H13BrN2OS/c1-10(2,3)15(14)13-7-9-6-8(11)4-5-12-9/h4-7H,1-3H3/t15-/m1/s1. The lowest BCUT2D eigenvalue weighted by Gasteiger charge is -2.12.